The molecule has 2 aromatic rings. The molecule has 1 aromatic carbocycles. The van der Waals surface area contributed by atoms with Gasteiger partial charge in [0.2, 0.25) is 5.91 Å². The van der Waals surface area contributed by atoms with Gasteiger partial charge in [-0.1, -0.05) is 18.2 Å². The van der Waals surface area contributed by atoms with E-state index in [1.54, 1.807) is 14.7 Å². The van der Waals surface area contributed by atoms with E-state index in [0.29, 0.717) is 62.6 Å². The SMILES string of the molecule is Cl.NC(=O)c1cc(N2CCCN(S(=O)(=O)N3CCCC3)CC2)nc2ccccc12. The van der Waals surface area contributed by atoms with Crippen molar-refractivity contribution in [2.75, 3.05) is 44.2 Å². The molecule has 2 saturated heterocycles. The van der Waals surface area contributed by atoms with Crippen LogP contribution in [0.4, 0.5) is 5.82 Å². The molecule has 1 aromatic heterocycles. The minimum absolute atomic E-state index is 0. The van der Waals surface area contributed by atoms with E-state index in [1.165, 1.54) is 0 Å². The van der Waals surface area contributed by atoms with Crippen LogP contribution in [0.1, 0.15) is 29.6 Å². The number of rotatable bonds is 4. The summed E-state index contributed by atoms with van der Waals surface area (Å²) in [5.74, 6) is 0.167. The van der Waals surface area contributed by atoms with Crippen LogP contribution in [-0.4, -0.2) is 67.2 Å². The Bertz CT molecular complexity index is 995. The maximum atomic E-state index is 12.9. The fourth-order valence-corrected chi connectivity index (χ4v) is 5.68. The van der Waals surface area contributed by atoms with Crippen molar-refractivity contribution < 1.29 is 13.2 Å². The zero-order chi connectivity index (χ0) is 19.7. The van der Waals surface area contributed by atoms with Gasteiger partial charge in [-0.25, -0.2) is 4.98 Å². The molecule has 4 rings (SSSR count). The first kappa shape index (κ1) is 21.8. The van der Waals surface area contributed by atoms with E-state index < -0.39 is 16.1 Å². The topological polar surface area (TPSA) is 99.8 Å². The van der Waals surface area contributed by atoms with Crippen molar-refractivity contribution in [2.45, 2.75) is 19.3 Å². The zero-order valence-corrected chi connectivity index (χ0v) is 17.8. The second kappa shape index (κ2) is 8.83. The summed E-state index contributed by atoms with van der Waals surface area (Å²) in [6.07, 6.45) is 2.56. The van der Waals surface area contributed by atoms with Crippen LogP contribution in [0.2, 0.25) is 0 Å². The number of benzene rings is 1. The first-order valence-electron chi connectivity index (χ1n) is 9.66. The van der Waals surface area contributed by atoms with E-state index in [9.17, 15) is 13.2 Å². The largest absolute Gasteiger partial charge is 0.366 e. The molecule has 8 nitrogen and oxygen atoms in total. The summed E-state index contributed by atoms with van der Waals surface area (Å²) in [6.45, 7) is 3.31. The summed E-state index contributed by atoms with van der Waals surface area (Å²) in [5, 5.41) is 0.729. The van der Waals surface area contributed by atoms with E-state index in [1.807, 2.05) is 29.2 Å². The first-order valence-corrected chi connectivity index (χ1v) is 11.1. The number of pyridine rings is 1. The highest BCUT2D eigenvalue weighted by Crippen LogP contribution is 2.25. The van der Waals surface area contributed by atoms with Crippen molar-refractivity contribution in [3.05, 3.63) is 35.9 Å². The molecule has 29 heavy (non-hydrogen) atoms. The van der Waals surface area contributed by atoms with Gasteiger partial charge in [0.25, 0.3) is 10.2 Å². The molecule has 2 aliphatic heterocycles. The van der Waals surface area contributed by atoms with Gasteiger partial charge >= 0.3 is 0 Å². The van der Waals surface area contributed by atoms with Gasteiger partial charge in [0.15, 0.2) is 0 Å². The van der Waals surface area contributed by atoms with Gasteiger partial charge in [-0.15, -0.1) is 12.4 Å². The Labute approximate surface area is 177 Å². The van der Waals surface area contributed by atoms with Crippen molar-refractivity contribution >= 4 is 45.2 Å². The van der Waals surface area contributed by atoms with Crippen molar-refractivity contribution in [1.82, 2.24) is 13.6 Å². The average Bonchev–Trinajstić information content (AvgIpc) is 3.12. The summed E-state index contributed by atoms with van der Waals surface area (Å²) in [6, 6.07) is 9.13. The van der Waals surface area contributed by atoms with Crippen LogP contribution in [-0.2, 0) is 10.2 Å². The Morgan fingerprint density at radius 1 is 0.931 bits per heavy atom. The van der Waals surface area contributed by atoms with Crippen LogP contribution in [0, 0.1) is 0 Å². The van der Waals surface area contributed by atoms with Crippen molar-refractivity contribution in [3.63, 3.8) is 0 Å². The number of fused-ring (bicyclic) bond motifs is 1. The molecule has 10 heteroatoms. The van der Waals surface area contributed by atoms with Crippen LogP contribution in [0.25, 0.3) is 10.9 Å². The van der Waals surface area contributed by atoms with E-state index in [4.69, 9.17) is 5.73 Å². The van der Waals surface area contributed by atoms with Gasteiger partial charge in [-0.3, -0.25) is 4.79 Å². The third kappa shape index (κ3) is 4.32. The number of carbonyl (C=O) groups excluding carboxylic acids is 1. The highest BCUT2D eigenvalue weighted by Gasteiger charge is 2.33. The van der Waals surface area contributed by atoms with Crippen LogP contribution >= 0.6 is 12.4 Å². The molecule has 0 radical (unpaired) electrons. The number of hydrogen-bond donors (Lipinski definition) is 1. The molecule has 3 heterocycles. The number of primary amides is 1. The van der Waals surface area contributed by atoms with Gasteiger partial charge < -0.3 is 10.6 Å². The monoisotopic (exact) mass is 439 g/mol. The lowest BCUT2D eigenvalue weighted by Gasteiger charge is -2.26. The Kier molecular flexibility index (Phi) is 6.62. The molecule has 0 unspecified atom stereocenters. The Balaban J connectivity index is 0.00000240. The minimum atomic E-state index is -3.40. The van der Waals surface area contributed by atoms with E-state index >= 15 is 0 Å². The number of para-hydroxylation sites is 1. The summed E-state index contributed by atoms with van der Waals surface area (Å²) >= 11 is 0. The molecule has 0 atom stereocenters. The maximum Gasteiger partial charge on any atom is 0.282 e. The summed E-state index contributed by atoms with van der Waals surface area (Å²) in [7, 11) is -3.40. The van der Waals surface area contributed by atoms with Crippen molar-refractivity contribution in [2.24, 2.45) is 5.73 Å². The number of carbonyl (C=O) groups is 1. The molecular formula is C19H26ClN5O3S. The van der Waals surface area contributed by atoms with Crippen molar-refractivity contribution in [3.8, 4) is 0 Å². The van der Waals surface area contributed by atoms with Gasteiger partial charge in [0.1, 0.15) is 5.82 Å². The number of halogens is 1. The zero-order valence-electron chi connectivity index (χ0n) is 16.2. The number of hydrogen-bond acceptors (Lipinski definition) is 5. The fourth-order valence-electron chi connectivity index (χ4n) is 3.96. The van der Waals surface area contributed by atoms with Gasteiger partial charge in [-0.05, 0) is 31.4 Å². The lowest BCUT2D eigenvalue weighted by molar-refractivity contribution is 0.100. The van der Waals surface area contributed by atoms with Gasteiger partial charge in [0, 0.05) is 44.7 Å². The predicted molar refractivity (Wildman–Crippen MR) is 116 cm³/mol. The normalized spacial score (nSPS) is 19.1. The molecule has 158 valence electrons. The molecule has 2 N–H and O–H groups in total. The standard InChI is InChI=1S/C19H25N5O3S.ClH/c20-19(25)16-14-18(21-17-7-2-1-6-15(16)17)22-8-5-11-24(13-12-22)28(26,27)23-9-3-4-10-23;/h1-2,6-7,14H,3-5,8-13H2,(H2,20,25);1H. The molecular weight excluding hydrogens is 414 g/mol. The minimum Gasteiger partial charge on any atom is -0.366 e. The molecule has 2 fully saturated rings. The second-order valence-electron chi connectivity index (χ2n) is 7.26. The summed E-state index contributed by atoms with van der Waals surface area (Å²) < 4.78 is 28.9. The van der Waals surface area contributed by atoms with E-state index in [0.717, 1.165) is 18.2 Å². The number of nitrogens with zero attached hydrogens (tertiary/aromatic N) is 4. The molecule has 0 spiro atoms. The third-order valence-electron chi connectivity index (χ3n) is 5.46. The Morgan fingerprint density at radius 2 is 1.59 bits per heavy atom. The number of anilines is 1. The van der Waals surface area contributed by atoms with Crippen LogP contribution in [0.3, 0.4) is 0 Å². The molecule has 1 amide bonds. The van der Waals surface area contributed by atoms with Crippen LogP contribution in [0.5, 0.6) is 0 Å². The second-order valence-corrected chi connectivity index (χ2v) is 9.19. The van der Waals surface area contributed by atoms with E-state index in [-0.39, 0.29) is 12.4 Å². The third-order valence-corrected chi connectivity index (χ3v) is 7.50. The molecule has 0 bridgehead atoms. The van der Waals surface area contributed by atoms with E-state index in [2.05, 4.69) is 4.98 Å². The van der Waals surface area contributed by atoms with Gasteiger partial charge in [0.05, 0.1) is 11.1 Å². The fraction of sp³-hybridized carbons (Fsp3) is 0.474. The average molecular weight is 440 g/mol. The quantitative estimate of drug-likeness (QED) is 0.780. The van der Waals surface area contributed by atoms with Crippen LogP contribution < -0.4 is 10.6 Å². The number of aromatic nitrogens is 1. The molecule has 0 saturated carbocycles. The van der Waals surface area contributed by atoms with Crippen molar-refractivity contribution in [1.29, 1.82) is 0 Å². The lowest BCUT2D eigenvalue weighted by atomic mass is 10.1. The van der Waals surface area contributed by atoms with Gasteiger partial charge in [-0.2, -0.15) is 17.0 Å². The maximum absolute atomic E-state index is 12.9. The molecule has 2 aliphatic rings. The highest BCUT2D eigenvalue weighted by atomic mass is 35.5. The Hall–Kier alpha value is -1.94. The van der Waals surface area contributed by atoms with Crippen LogP contribution in [0.15, 0.2) is 30.3 Å². The highest BCUT2D eigenvalue weighted by molar-refractivity contribution is 7.86. The first-order chi connectivity index (χ1) is 13.5. The lowest BCUT2D eigenvalue weighted by Crippen LogP contribution is -2.44. The summed E-state index contributed by atoms with van der Waals surface area (Å²) in [5.41, 5.74) is 6.72. The number of amides is 1. The Morgan fingerprint density at radius 3 is 2.31 bits per heavy atom. The predicted octanol–water partition coefficient (Wildman–Crippen LogP) is 1.61. The molecule has 0 aliphatic carbocycles. The number of nitrogens with two attached hydrogens (primary N) is 1. The summed E-state index contributed by atoms with van der Waals surface area (Å²) in [4.78, 5) is 18.7. The smallest absolute Gasteiger partial charge is 0.282 e.